The number of halogens is 1. The highest BCUT2D eigenvalue weighted by Crippen LogP contribution is 2.38. The Morgan fingerprint density at radius 3 is 2.71 bits per heavy atom. The van der Waals surface area contributed by atoms with E-state index in [1.165, 1.54) is 6.07 Å². The van der Waals surface area contributed by atoms with Crippen LogP contribution in [-0.2, 0) is 18.0 Å². The maximum atomic E-state index is 14.4. The van der Waals surface area contributed by atoms with E-state index in [2.05, 4.69) is 0 Å². The molecule has 2 aromatic carbocycles. The Bertz CT molecular complexity index is 881. The Balaban J connectivity index is 1.53. The van der Waals surface area contributed by atoms with Crippen molar-refractivity contribution in [3.05, 3.63) is 77.1 Å². The second kappa shape index (κ2) is 8.15. The molecule has 0 aromatic heterocycles. The molecule has 0 saturated carbocycles. The first kappa shape index (κ1) is 18.7. The number of rotatable bonds is 4. The summed E-state index contributed by atoms with van der Waals surface area (Å²) >= 11 is 0. The van der Waals surface area contributed by atoms with Crippen molar-refractivity contribution in [2.24, 2.45) is 0 Å². The first-order valence-corrected chi connectivity index (χ1v) is 9.75. The molecule has 28 heavy (non-hydrogen) atoms. The lowest BCUT2D eigenvalue weighted by Gasteiger charge is -2.44. The SMILES string of the molecule is O=C(OCc1ccccc1)N1C2C=C(c3cc(CO)ccc3F)CC1CCC2. The van der Waals surface area contributed by atoms with Gasteiger partial charge in [0, 0.05) is 11.6 Å². The first-order valence-electron chi connectivity index (χ1n) is 9.75. The quantitative estimate of drug-likeness (QED) is 0.838. The van der Waals surface area contributed by atoms with E-state index in [4.69, 9.17) is 4.74 Å². The summed E-state index contributed by atoms with van der Waals surface area (Å²) in [5.74, 6) is -0.290. The van der Waals surface area contributed by atoms with E-state index in [9.17, 15) is 14.3 Å². The highest BCUT2D eigenvalue weighted by molar-refractivity contribution is 5.75. The number of nitrogens with zero attached hydrogens (tertiary/aromatic N) is 1. The van der Waals surface area contributed by atoms with Crippen molar-refractivity contribution in [1.82, 2.24) is 4.90 Å². The standard InChI is InChI=1S/C23H24FNO3/c24-22-10-9-17(14-26)11-21(22)18-12-19-7-4-8-20(13-18)25(19)23(27)28-15-16-5-2-1-3-6-16/h1-3,5-6,9-12,19-20,26H,4,7-8,13-15H2. The summed E-state index contributed by atoms with van der Waals surface area (Å²) in [7, 11) is 0. The second-order valence-corrected chi connectivity index (χ2v) is 7.47. The van der Waals surface area contributed by atoms with Gasteiger partial charge in [-0.05, 0) is 54.5 Å². The second-order valence-electron chi connectivity index (χ2n) is 7.47. The monoisotopic (exact) mass is 381 g/mol. The molecule has 4 nitrogen and oxygen atoms in total. The van der Waals surface area contributed by atoms with Gasteiger partial charge in [0.05, 0.1) is 12.6 Å². The number of ether oxygens (including phenoxy) is 1. The normalized spacial score (nSPS) is 21.2. The summed E-state index contributed by atoms with van der Waals surface area (Å²) in [6, 6.07) is 14.3. The predicted molar refractivity (Wildman–Crippen MR) is 105 cm³/mol. The lowest BCUT2D eigenvalue weighted by Crippen LogP contribution is -2.51. The maximum absolute atomic E-state index is 14.4. The van der Waals surface area contributed by atoms with Crippen LogP contribution < -0.4 is 0 Å². The van der Waals surface area contributed by atoms with Gasteiger partial charge in [-0.15, -0.1) is 0 Å². The molecule has 2 aliphatic heterocycles. The zero-order chi connectivity index (χ0) is 19.5. The minimum atomic E-state index is -0.307. The topological polar surface area (TPSA) is 49.8 Å². The third-order valence-electron chi connectivity index (χ3n) is 5.61. The van der Waals surface area contributed by atoms with Gasteiger partial charge < -0.3 is 9.84 Å². The van der Waals surface area contributed by atoms with Gasteiger partial charge in [-0.2, -0.15) is 0 Å². The number of aliphatic hydroxyl groups is 1. The Kier molecular flexibility index (Phi) is 5.44. The van der Waals surface area contributed by atoms with Crippen molar-refractivity contribution in [2.75, 3.05) is 0 Å². The number of carbonyl (C=O) groups is 1. The van der Waals surface area contributed by atoms with Crippen molar-refractivity contribution in [3.8, 4) is 0 Å². The molecule has 1 saturated heterocycles. The summed E-state index contributed by atoms with van der Waals surface area (Å²) in [6.07, 6.45) is 5.07. The number of hydrogen-bond acceptors (Lipinski definition) is 3. The van der Waals surface area contributed by atoms with Crippen molar-refractivity contribution >= 4 is 11.7 Å². The largest absolute Gasteiger partial charge is 0.445 e. The lowest BCUT2D eigenvalue weighted by molar-refractivity contribution is 0.0510. The van der Waals surface area contributed by atoms with Crippen molar-refractivity contribution in [2.45, 2.75) is 51.0 Å². The van der Waals surface area contributed by atoms with Crippen LogP contribution in [0.15, 0.2) is 54.6 Å². The van der Waals surface area contributed by atoms with Gasteiger partial charge in [0.2, 0.25) is 0 Å². The van der Waals surface area contributed by atoms with Crippen LogP contribution in [0.5, 0.6) is 0 Å². The highest BCUT2D eigenvalue weighted by atomic mass is 19.1. The number of amides is 1. The number of aliphatic hydroxyl groups excluding tert-OH is 1. The predicted octanol–water partition coefficient (Wildman–Crippen LogP) is 4.67. The summed E-state index contributed by atoms with van der Waals surface area (Å²) in [6.45, 7) is 0.130. The summed E-state index contributed by atoms with van der Waals surface area (Å²) < 4.78 is 20.0. The number of benzene rings is 2. The van der Waals surface area contributed by atoms with Crippen LogP contribution in [0, 0.1) is 5.82 Å². The third kappa shape index (κ3) is 3.80. The van der Waals surface area contributed by atoms with Gasteiger partial charge >= 0.3 is 6.09 Å². The van der Waals surface area contributed by atoms with Crippen molar-refractivity contribution in [1.29, 1.82) is 0 Å². The fourth-order valence-corrected chi connectivity index (χ4v) is 4.22. The van der Waals surface area contributed by atoms with E-state index in [0.29, 0.717) is 17.5 Å². The molecule has 1 N–H and O–H groups in total. The maximum Gasteiger partial charge on any atom is 0.410 e. The zero-order valence-electron chi connectivity index (χ0n) is 15.7. The minimum Gasteiger partial charge on any atom is -0.445 e. The van der Waals surface area contributed by atoms with E-state index >= 15 is 0 Å². The summed E-state index contributed by atoms with van der Waals surface area (Å²) in [5, 5.41) is 9.37. The molecule has 1 fully saturated rings. The van der Waals surface area contributed by atoms with Crippen molar-refractivity contribution < 1.29 is 19.0 Å². The van der Waals surface area contributed by atoms with Crippen LogP contribution >= 0.6 is 0 Å². The number of piperidine rings is 1. The van der Waals surface area contributed by atoms with Gasteiger partial charge in [0.25, 0.3) is 0 Å². The molecule has 1 amide bonds. The zero-order valence-corrected chi connectivity index (χ0v) is 15.7. The molecule has 2 unspecified atom stereocenters. The summed E-state index contributed by atoms with van der Waals surface area (Å²) in [5.41, 5.74) is 3.08. The number of carbonyl (C=O) groups excluding carboxylic acids is 1. The fraction of sp³-hybridized carbons (Fsp3) is 0.348. The molecular formula is C23H24FNO3. The number of hydrogen-bond donors (Lipinski definition) is 1. The minimum absolute atomic E-state index is 0.0132. The van der Waals surface area contributed by atoms with E-state index < -0.39 is 0 Å². The van der Waals surface area contributed by atoms with Crippen LogP contribution in [0.25, 0.3) is 5.57 Å². The molecule has 2 aromatic rings. The van der Waals surface area contributed by atoms with Crippen LogP contribution in [-0.4, -0.2) is 28.2 Å². The van der Waals surface area contributed by atoms with E-state index in [0.717, 1.165) is 30.4 Å². The third-order valence-corrected chi connectivity index (χ3v) is 5.61. The Hall–Kier alpha value is -2.66. The smallest absolute Gasteiger partial charge is 0.410 e. The fourth-order valence-electron chi connectivity index (χ4n) is 4.22. The van der Waals surface area contributed by atoms with Gasteiger partial charge in [0.15, 0.2) is 0 Å². The average Bonchev–Trinajstić information content (AvgIpc) is 2.72. The van der Waals surface area contributed by atoms with Crippen molar-refractivity contribution in [3.63, 3.8) is 0 Å². The molecule has 5 heteroatoms. The Morgan fingerprint density at radius 2 is 1.96 bits per heavy atom. The molecule has 2 heterocycles. The van der Waals surface area contributed by atoms with Gasteiger partial charge in [-0.1, -0.05) is 42.5 Å². The molecule has 0 aliphatic carbocycles. The molecule has 0 radical (unpaired) electrons. The molecule has 146 valence electrons. The van der Waals surface area contributed by atoms with Gasteiger partial charge in [0.1, 0.15) is 12.4 Å². The van der Waals surface area contributed by atoms with Crippen LogP contribution in [0.3, 0.4) is 0 Å². The molecule has 2 atom stereocenters. The summed E-state index contributed by atoms with van der Waals surface area (Å²) in [4.78, 5) is 14.6. The molecule has 2 aliphatic rings. The molecule has 2 bridgehead atoms. The van der Waals surface area contributed by atoms with Crippen LogP contribution in [0.2, 0.25) is 0 Å². The highest BCUT2D eigenvalue weighted by Gasteiger charge is 2.38. The van der Waals surface area contributed by atoms with Crippen LogP contribution in [0.1, 0.15) is 42.4 Å². The first-order chi connectivity index (χ1) is 13.7. The lowest BCUT2D eigenvalue weighted by atomic mass is 9.82. The molecular weight excluding hydrogens is 357 g/mol. The van der Waals surface area contributed by atoms with Gasteiger partial charge in [-0.25, -0.2) is 9.18 Å². The van der Waals surface area contributed by atoms with E-state index in [-0.39, 0.29) is 37.2 Å². The average molecular weight is 381 g/mol. The van der Waals surface area contributed by atoms with Crippen LogP contribution in [0.4, 0.5) is 9.18 Å². The molecule has 0 spiro atoms. The number of fused-ring (bicyclic) bond motifs is 2. The molecule has 4 rings (SSSR count). The Labute approximate surface area is 164 Å². The van der Waals surface area contributed by atoms with E-state index in [1.54, 1.807) is 12.1 Å². The van der Waals surface area contributed by atoms with E-state index in [1.807, 2.05) is 41.3 Å². The Morgan fingerprint density at radius 1 is 1.14 bits per heavy atom. The van der Waals surface area contributed by atoms with Gasteiger partial charge in [-0.3, -0.25) is 4.90 Å².